The third kappa shape index (κ3) is 9.18. The first-order valence-corrected chi connectivity index (χ1v) is 8.86. The van der Waals surface area contributed by atoms with Crippen molar-refractivity contribution in [3.63, 3.8) is 0 Å². The number of hydrogen-bond acceptors (Lipinski definition) is 3. The Morgan fingerprint density at radius 3 is 2.43 bits per heavy atom. The number of nitrogens with one attached hydrogen (secondary N) is 2. The summed E-state index contributed by atoms with van der Waals surface area (Å²) < 4.78 is 0. The Balaban J connectivity index is 2.16. The Kier molecular flexibility index (Phi) is 10.9. The fourth-order valence-corrected chi connectivity index (χ4v) is 2.55. The molecule has 0 unspecified atom stereocenters. The van der Waals surface area contributed by atoms with Crippen molar-refractivity contribution in [2.45, 2.75) is 39.5 Å². The van der Waals surface area contributed by atoms with Gasteiger partial charge < -0.3 is 15.5 Å². The minimum absolute atomic E-state index is 0.842. The number of hydrogen-bond donors (Lipinski definition) is 2. The molecule has 0 aliphatic carbocycles. The average Bonchev–Trinajstić information content (AvgIpc) is 2.58. The van der Waals surface area contributed by atoms with Gasteiger partial charge in [-0.15, -0.1) is 0 Å². The molecule has 1 aromatic rings. The highest BCUT2D eigenvalue weighted by atomic mass is 15.2. The van der Waals surface area contributed by atoms with Crippen molar-refractivity contribution >= 4 is 5.96 Å². The van der Waals surface area contributed by atoms with E-state index in [1.165, 1.54) is 25.9 Å². The van der Waals surface area contributed by atoms with E-state index >= 15 is 0 Å². The predicted molar refractivity (Wildman–Crippen MR) is 98.9 cm³/mol. The lowest BCUT2D eigenvalue weighted by molar-refractivity contribution is 0.271. The highest BCUT2D eigenvalue weighted by Gasteiger charge is 2.02. The zero-order valence-electron chi connectivity index (χ0n) is 15.0. The van der Waals surface area contributed by atoms with E-state index in [-0.39, 0.29) is 0 Å². The maximum Gasteiger partial charge on any atom is 0.190 e. The van der Waals surface area contributed by atoms with Crippen LogP contribution >= 0.6 is 0 Å². The van der Waals surface area contributed by atoms with Crippen LogP contribution in [-0.4, -0.2) is 55.6 Å². The van der Waals surface area contributed by atoms with Gasteiger partial charge in [-0.2, -0.15) is 0 Å². The summed E-state index contributed by atoms with van der Waals surface area (Å²) in [5.41, 5.74) is 1.10. The maximum absolute atomic E-state index is 4.33. The van der Waals surface area contributed by atoms with E-state index in [1.807, 2.05) is 31.4 Å². The van der Waals surface area contributed by atoms with Gasteiger partial charge in [-0.3, -0.25) is 9.98 Å². The van der Waals surface area contributed by atoms with Gasteiger partial charge in [0.2, 0.25) is 0 Å². The number of pyridine rings is 1. The summed E-state index contributed by atoms with van der Waals surface area (Å²) in [5.74, 6) is 0.874. The van der Waals surface area contributed by atoms with Crippen LogP contribution < -0.4 is 10.6 Å². The van der Waals surface area contributed by atoms with Gasteiger partial charge in [-0.1, -0.05) is 19.9 Å². The van der Waals surface area contributed by atoms with Gasteiger partial charge in [-0.05, 0) is 51.0 Å². The lowest BCUT2D eigenvalue weighted by Gasteiger charge is -2.21. The summed E-state index contributed by atoms with van der Waals surface area (Å²) in [4.78, 5) is 11.1. The van der Waals surface area contributed by atoms with Gasteiger partial charge in [0.25, 0.3) is 0 Å². The molecule has 0 bridgehead atoms. The molecule has 0 aliphatic rings. The normalized spacial score (nSPS) is 11.7. The van der Waals surface area contributed by atoms with Crippen molar-refractivity contribution in [2.75, 3.05) is 39.8 Å². The van der Waals surface area contributed by atoms with Crippen molar-refractivity contribution < 1.29 is 0 Å². The van der Waals surface area contributed by atoms with Crippen molar-refractivity contribution in [3.05, 3.63) is 30.1 Å². The number of aliphatic imine (C=N–C) groups is 1. The van der Waals surface area contributed by atoms with Crippen LogP contribution in [0.4, 0.5) is 0 Å². The highest BCUT2D eigenvalue weighted by molar-refractivity contribution is 5.79. The molecule has 0 fully saturated rings. The second-order valence-corrected chi connectivity index (χ2v) is 5.69. The smallest absolute Gasteiger partial charge is 0.190 e. The van der Waals surface area contributed by atoms with Crippen LogP contribution in [0.3, 0.4) is 0 Å². The van der Waals surface area contributed by atoms with Gasteiger partial charge in [0.05, 0.1) is 0 Å². The summed E-state index contributed by atoms with van der Waals surface area (Å²) in [6.07, 6.45) is 6.33. The van der Waals surface area contributed by atoms with Crippen LogP contribution in [0.2, 0.25) is 0 Å². The molecule has 0 saturated carbocycles. The molecule has 0 amide bonds. The van der Waals surface area contributed by atoms with E-state index in [1.54, 1.807) is 0 Å². The molecule has 23 heavy (non-hydrogen) atoms. The van der Waals surface area contributed by atoms with Crippen molar-refractivity contribution in [1.82, 2.24) is 20.5 Å². The summed E-state index contributed by atoms with van der Waals surface area (Å²) in [5, 5.41) is 6.73. The van der Waals surface area contributed by atoms with E-state index in [0.29, 0.717) is 0 Å². The van der Waals surface area contributed by atoms with E-state index in [9.17, 15) is 0 Å². The zero-order valence-corrected chi connectivity index (χ0v) is 15.0. The minimum Gasteiger partial charge on any atom is -0.356 e. The monoisotopic (exact) mass is 319 g/mol. The first kappa shape index (κ1) is 19.4. The average molecular weight is 319 g/mol. The molecule has 1 heterocycles. The summed E-state index contributed by atoms with van der Waals surface area (Å²) in [6, 6.07) is 6.01. The van der Waals surface area contributed by atoms with Crippen LogP contribution in [0.25, 0.3) is 0 Å². The van der Waals surface area contributed by atoms with Crippen LogP contribution in [0.5, 0.6) is 0 Å². The van der Waals surface area contributed by atoms with E-state index in [2.05, 4.69) is 39.4 Å². The van der Waals surface area contributed by atoms with Gasteiger partial charge >= 0.3 is 0 Å². The molecule has 0 spiro atoms. The van der Waals surface area contributed by atoms with Crippen LogP contribution in [0, 0.1) is 0 Å². The maximum atomic E-state index is 4.33. The van der Waals surface area contributed by atoms with E-state index < -0.39 is 0 Å². The molecule has 0 aliphatic heterocycles. The van der Waals surface area contributed by atoms with Gasteiger partial charge in [0.1, 0.15) is 0 Å². The Bertz CT molecular complexity index is 413. The molecule has 0 radical (unpaired) electrons. The first-order chi connectivity index (χ1) is 11.3. The quantitative estimate of drug-likeness (QED) is 0.373. The lowest BCUT2D eigenvalue weighted by Crippen LogP contribution is -2.39. The second-order valence-electron chi connectivity index (χ2n) is 5.69. The lowest BCUT2D eigenvalue weighted by atomic mass is 10.3. The molecule has 0 atom stereocenters. The van der Waals surface area contributed by atoms with Crippen molar-refractivity contribution in [3.8, 4) is 0 Å². The fourth-order valence-electron chi connectivity index (χ4n) is 2.55. The molecule has 130 valence electrons. The van der Waals surface area contributed by atoms with Crippen LogP contribution in [0.15, 0.2) is 29.4 Å². The molecule has 2 N–H and O–H groups in total. The first-order valence-electron chi connectivity index (χ1n) is 8.86. The standard InChI is InChI=1S/C18H33N5/c1-4-14-23(15-5-2)16-8-12-21-18(19-3)22-13-10-17-9-6-7-11-20-17/h6-7,9,11H,4-5,8,10,12-16H2,1-3H3,(H2,19,21,22). The van der Waals surface area contributed by atoms with Gasteiger partial charge in [-0.25, -0.2) is 0 Å². The van der Waals surface area contributed by atoms with Crippen molar-refractivity contribution in [2.24, 2.45) is 4.99 Å². The molecule has 1 aromatic heterocycles. The SMILES string of the molecule is CCCN(CCC)CCCNC(=NC)NCCc1ccccn1. The third-order valence-electron chi connectivity index (χ3n) is 3.65. The molecular weight excluding hydrogens is 286 g/mol. The van der Waals surface area contributed by atoms with Gasteiger partial charge in [0.15, 0.2) is 5.96 Å². The summed E-state index contributed by atoms with van der Waals surface area (Å²) in [6.45, 7) is 9.83. The van der Waals surface area contributed by atoms with E-state index in [4.69, 9.17) is 0 Å². The molecule has 1 rings (SSSR count). The number of nitrogens with zero attached hydrogens (tertiary/aromatic N) is 3. The Labute approximate surface area is 141 Å². The molecular formula is C18H33N5. The highest BCUT2D eigenvalue weighted by Crippen LogP contribution is 1.96. The summed E-state index contributed by atoms with van der Waals surface area (Å²) in [7, 11) is 1.82. The van der Waals surface area contributed by atoms with E-state index in [0.717, 1.165) is 44.1 Å². The molecule has 5 nitrogen and oxygen atoms in total. The molecule has 0 aromatic carbocycles. The fraction of sp³-hybridized carbons (Fsp3) is 0.667. The Hall–Kier alpha value is -1.62. The van der Waals surface area contributed by atoms with Crippen LogP contribution in [-0.2, 0) is 6.42 Å². The third-order valence-corrected chi connectivity index (χ3v) is 3.65. The predicted octanol–water partition coefficient (Wildman–Crippen LogP) is 2.30. The zero-order chi connectivity index (χ0) is 16.8. The largest absolute Gasteiger partial charge is 0.356 e. The van der Waals surface area contributed by atoms with Gasteiger partial charge in [0, 0.05) is 38.4 Å². The molecule has 0 saturated heterocycles. The Morgan fingerprint density at radius 2 is 1.83 bits per heavy atom. The topological polar surface area (TPSA) is 52.5 Å². The second kappa shape index (κ2) is 12.9. The Morgan fingerprint density at radius 1 is 1.09 bits per heavy atom. The molecule has 5 heteroatoms. The van der Waals surface area contributed by atoms with Crippen LogP contribution in [0.1, 0.15) is 38.8 Å². The number of aromatic nitrogens is 1. The minimum atomic E-state index is 0.842. The number of rotatable bonds is 11. The summed E-state index contributed by atoms with van der Waals surface area (Å²) >= 11 is 0. The van der Waals surface area contributed by atoms with Crippen molar-refractivity contribution in [1.29, 1.82) is 0 Å². The number of guanidine groups is 1.